The topological polar surface area (TPSA) is 68.3 Å². The Labute approximate surface area is 183 Å². The summed E-state index contributed by atoms with van der Waals surface area (Å²) in [5.74, 6) is -1.47. The van der Waals surface area contributed by atoms with Crippen LogP contribution in [0, 0.1) is 0 Å². The van der Waals surface area contributed by atoms with Gasteiger partial charge in [0.25, 0.3) is 0 Å². The van der Waals surface area contributed by atoms with Gasteiger partial charge >= 0.3 is 6.18 Å². The molecule has 1 amide bonds. The maximum absolute atomic E-state index is 13.4. The molecule has 0 aliphatic carbocycles. The van der Waals surface area contributed by atoms with Crippen LogP contribution in [0.1, 0.15) is 35.7 Å². The number of alkyl halides is 3. The van der Waals surface area contributed by atoms with Crippen LogP contribution in [-0.2, 0) is 11.0 Å². The molecule has 0 aliphatic rings. The zero-order valence-corrected chi connectivity index (χ0v) is 17.3. The maximum Gasteiger partial charge on any atom is 0.420 e. The van der Waals surface area contributed by atoms with E-state index in [2.05, 4.69) is 10.3 Å². The van der Waals surface area contributed by atoms with Gasteiger partial charge in [0.05, 0.1) is 18.6 Å². The van der Waals surface area contributed by atoms with Crippen LogP contribution in [0.25, 0.3) is 11.1 Å². The largest absolute Gasteiger partial charge is 0.493 e. The number of anilines is 1. The van der Waals surface area contributed by atoms with Gasteiger partial charge in [-0.05, 0) is 42.3 Å². The number of halogens is 3. The standard InChI is InChI=1S/C24H21F3N2O3/c1-2-11-32-22-9-8-19(13-20(22)24(25,26)27)29-23(31)14-21(30)17-6-3-5-16(12-17)18-7-4-10-28-15-18/h3-10,12-13,15H,2,11,14H2,1H3,(H,29,31). The van der Waals surface area contributed by atoms with Crippen LogP contribution in [0.4, 0.5) is 18.9 Å². The molecule has 3 aromatic rings. The zero-order chi connectivity index (χ0) is 23.1. The Bertz CT molecular complexity index is 1100. The van der Waals surface area contributed by atoms with Crippen LogP contribution >= 0.6 is 0 Å². The second kappa shape index (κ2) is 10.1. The van der Waals surface area contributed by atoms with Crippen LogP contribution in [0.3, 0.4) is 0 Å². The molecule has 0 fully saturated rings. The molecule has 1 aromatic heterocycles. The average molecular weight is 442 g/mol. The molecule has 0 bridgehead atoms. The van der Waals surface area contributed by atoms with Gasteiger partial charge in [0, 0.05) is 29.2 Å². The lowest BCUT2D eigenvalue weighted by molar-refractivity contribution is -0.139. The summed E-state index contributed by atoms with van der Waals surface area (Å²) in [7, 11) is 0. The van der Waals surface area contributed by atoms with Gasteiger partial charge in [-0.2, -0.15) is 13.2 Å². The molecule has 0 saturated heterocycles. The van der Waals surface area contributed by atoms with Crippen LogP contribution < -0.4 is 10.1 Å². The van der Waals surface area contributed by atoms with Crippen LogP contribution in [0.2, 0.25) is 0 Å². The highest BCUT2D eigenvalue weighted by Crippen LogP contribution is 2.38. The van der Waals surface area contributed by atoms with Crippen molar-refractivity contribution in [2.24, 2.45) is 0 Å². The minimum atomic E-state index is -4.65. The van der Waals surface area contributed by atoms with Crippen molar-refractivity contribution in [1.82, 2.24) is 4.98 Å². The van der Waals surface area contributed by atoms with Gasteiger partial charge in [-0.15, -0.1) is 0 Å². The smallest absolute Gasteiger partial charge is 0.420 e. The highest BCUT2D eigenvalue weighted by molar-refractivity contribution is 6.11. The first kappa shape index (κ1) is 23.0. The van der Waals surface area contributed by atoms with Crippen molar-refractivity contribution in [2.45, 2.75) is 25.9 Å². The van der Waals surface area contributed by atoms with Crippen molar-refractivity contribution in [3.63, 3.8) is 0 Å². The summed E-state index contributed by atoms with van der Waals surface area (Å²) in [6, 6.07) is 13.6. The van der Waals surface area contributed by atoms with Crippen molar-refractivity contribution >= 4 is 17.4 Å². The Morgan fingerprint density at radius 3 is 2.50 bits per heavy atom. The van der Waals surface area contributed by atoms with E-state index in [1.165, 1.54) is 6.07 Å². The fourth-order valence-electron chi connectivity index (χ4n) is 3.03. The molecule has 5 nitrogen and oxygen atoms in total. The molecule has 166 valence electrons. The molecule has 0 saturated carbocycles. The molecular weight excluding hydrogens is 421 g/mol. The van der Waals surface area contributed by atoms with Crippen molar-refractivity contribution in [3.8, 4) is 16.9 Å². The van der Waals surface area contributed by atoms with Crippen molar-refractivity contribution in [1.29, 1.82) is 0 Å². The van der Waals surface area contributed by atoms with Gasteiger partial charge in [0.2, 0.25) is 5.91 Å². The van der Waals surface area contributed by atoms with E-state index >= 15 is 0 Å². The lowest BCUT2D eigenvalue weighted by atomic mass is 10.0. The monoisotopic (exact) mass is 442 g/mol. The molecule has 32 heavy (non-hydrogen) atoms. The Kier molecular flexibility index (Phi) is 7.25. The number of Topliss-reactive ketones (excluding diaryl/α,β-unsaturated/α-hetero) is 1. The Morgan fingerprint density at radius 1 is 1.03 bits per heavy atom. The van der Waals surface area contributed by atoms with E-state index in [-0.39, 0.29) is 18.0 Å². The van der Waals surface area contributed by atoms with Gasteiger partial charge in [0.1, 0.15) is 5.75 Å². The molecule has 0 aliphatic heterocycles. The molecule has 0 unspecified atom stereocenters. The molecule has 3 rings (SSSR count). The second-order valence-corrected chi connectivity index (χ2v) is 7.03. The number of benzene rings is 2. The lowest BCUT2D eigenvalue weighted by Crippen LogP contribution is -2.17. The van der Waals surface area contributed by atoms with Gasteiger partial charge in [0.15, 0.2) is 5.78 Å². The lowest BCUT2D eigenvalue weighted by Gasteiger charge is -2.15. The van der Waals surface area contributed by atoms with E-state index in [0.717, 1.165) is 23.3 Å². The maximum atomic E-state index is 13.4. The summed E-state index contributed by atoms with van der Waals surface area (Å²) in [4.78, 5) is 28.9. The first-order valence-corrected chi connectivity index (χ1v) is 9.95. The molecule has 2 aromatic carbocycles. The molecule has 1 N–H and O–H groups in total. The summed E-state index contributed by atoms with van der Waals surface area (Å²) in [6.07, 6.45) is -1.31. The Morgan fingerprint density at radius 2 is 1.81 bits per heavy atom. The summed E-state index contributed by atoms with van der Waals surface area (Å²) in [6.45, 7) is 1.92. The summed E-state index contributed by atoms with van der Waals surface area (Å²) in [5.41, 5.74) is 0.849. The van der Waals surface area contributed by atoms with Crippen molar-refractivity contribution in [3.05, 3.63) is 78.1 Å². The number of rotatable bonds is 8. The highest BCUT2D eigenvalue weighted by Gasteiger charge is 2.35. The second-order valence-electron chi connectivity index (χ2n) is 7.03. The first-order chi connectivity index (χ1) is 15.3. The SMILES string of the molecule is CCCOc1ccc(NC(=O)CC(=O)c2cccc(-c3cccnc3)c2)cc1C(F)(F)F. The number of nitrogens with one attached hydrogen (secondary N) is 1. The van der Waals surface area contributed by atoms with Crippen molar-refractivity contribution < 1.29 is 27.5 Å². The number of ketones is 1. The van der Waals surface area contributed by atoms with E-state index in [9.17, 15) is 22.8 Å². The van der Waals surface area contributed by atoms with E-state index in [4.69, 9.17) is 4.74 Å². The zero-order valence-electron chi connectivity index (χ0n) is 17.3. The molecule has 0 atom stereocenters. The predicted octanol–water partition coefficient (Wildman–Crippen LogP) is 5.77. The minimum absolute atomic E-state index is 0.0666. The Balaban J connectivity index is 1.71. The molecular formula is C24H21F3N2O3. The van der Waals surface area contributed by atoms with E-state index in [1.54, 1.807) is 43.6 Å². The molecule has 0 radical (unpaired) electrons. The van der Waals surface area contributed by atoms with Crippen molar-refractivity contribution in [2.75, 3.05) is 11.9 Å². The third kappa shape index (κ3) is 5.94. The highest BCUT2D eigenvalue weighted by atomic mass is 19.4. The number of hydrogen-bond acceptors (Lipinski definition) is 4. The van der Waals surface area contributed by atoms with Crippen LogP contribution in [-0.4, -0.2) is 23.3 Å². The van der Waals surface area contributed by atoms with Gasteiger partial charge in [-0.25, -0.2) is 0 Å². The fraction of sp³-hybridized carbons (Fsp3) is 0.208. The first-order valence-electron chi connectivity index (χ1n) is 9.95. The third-order valence-electron chi connectivity index (χ3n) is 4.53. The number of nitrogens with zero attached hydrogens (tertiary/aromatic N) is 1. The van der Waals surface area contributed by atoms with Gasteiger partial charge in [-0.3, -0.25) is 14.6 Å². The number of ether oxygens (including phenoxy) is 1. The average Bonchev–Trinajstić information content (AvgIpc) is 2.78. The van der Waals surface area contributed by atoms with E-state index in [0.29, 0.717) is 12.0 Å². The minimum Gasteiger partial charge on any atom is -0.493 e. The van der Waals surface area contributed by atoms with Crippen LogP contribution in [0.5, 0.6) is 5.75 Å². The number of carbonyl (C=O) groups excluding carboxylic acids is 2. The van der Waals surface area contributed by atoms with E-state index in [1.807, 2.05) is 12.1 Å². The molecule has 0 spiro atoms. The number of amides is 1. The fourth-order valence-corrected chi connectivity index (χ4v) is 3.03. The summed E-state index contributed by atoms with van der Waals surface area (Å²) < 4.78 is 45.2. The van der Waals surface area contributed by atoms with Crippen LogP contribution in [0.15, 0.2) is 67.0 Å². The molecule has 8 heteroatoms. The number of carbonyl (C=O) groups is 2. The number of pyridine rings is 1. The number of aromatic nitrogens is 1. The summed E-state index contributed by atoms with van der Waals surface area (Å²) >= 11 is 0. The van der Waals surface area contributed by atoms with Gasteiger partial charge in [-0.1, -0.05) is 31.2 Å². The quantitative estimate of drug-likeness (QED) is 0.355. The summed E-state index contributed by atoms with van der Waals surface area (Å²) in [5, 5.41) is 2.36. The molecule has 1 heterocycles. The normalized spacial score (nSPS) is 11.1. The van der Waals surface area contributed by atoms with E-state index < -0.39 is 29.9 Å². The number of hydrogen-bond donors (Lipinski definition) is 1. The predicted molar refractivity (Wildman–Crippen MR) is 114 cm³/mol. The van der Waals surface area contributed by atoms with Gasteiger partial charge < -0.3 is 10.1 Å². The Hall–Kier alpha value is -3.68. The third-order valence-corrected chi connectivity index (χ3v) is 4.53.